The topological polar surface area (TPSA) is 42.4 Å². The van der Waals surface area contributed by atoms with Crippen LogP contribution in [0.5, 0.6) is 0 Å². The number of rotatable bonds is 3. The third-order valence-electron chi connectivity index (χ3n) is 5.41. The second-order valence-corrected chi connectivity index (χ2v) is 6.59. The molecule has 0 radical (unpaired) electrons. The third kappa shape index (κ3) is 1.75. The van der Waals surface area contributed by atoms with E-state index in [1.54, 1.807) is 6.26 Å². The second-order valence-electron chi connectivity index (χ2n) is 6.59. The van der Waals surface area contributed by atoms with Crippen LogP contribution in [0.15, 0.2) is 53.1 Å². The lowest BCUT2D eigenvalue weighted by molar-refractivity contribution is 0.619. The number of nitrogens with zero attached hydrogens (tertiary/aromatic N) is 1. The average molecular weight is 328 g/mol. The fourth-order valence-corrected chi connectivity index (χ4v) is 4.33. The summed E-state index contributed by atoms with van der Waals surface area (Å²) in [6.07, 6.45) is 1.79. The quantitative estimate of drug-likeness (QED) is 0.338. The van der Waals surface area contributed by atoms with E-state index in [4.69, 9.17) is 10.2 Å². The van der Waals surface area contributed by atoms with Crippen molar-refractivity contribution in [3.8, 4) is 0 Å². The molecular weight excluding hydrogens is 308 g/mol. The minimum Gasteiger partial charge on any atom is -0.464 e. The Balaban J connectivity index is 2.17. The van der Waals surface area contributed by atoms with Crippen LogP contribution in [0.3, 0.4) is 0 Å². The fraction of sp³-hybridized carbons (Fsp3) is 0.182. The Morgan fingerprint density at radius 1 is 0.880 bits per heavy atom. The van der Waals surface area contributed by atoms with E-state index in [2.05, 4.69) is 61.2 Å². The Hall–Kier alpha value is -2.94. The summed E-state index contributed by atoms with van der Waals surface area (Å²) in [7, 11) is 0. The molecule has 25 heavy (non-hydrogen) atoms. The Morgan fingerprint density at radius 3 is 2.44 bits per heavy atom. The van der Waals surface area contributed by atoms with E-state index in [9.17, 15) is 0 Å². The highest BCUT2D eigenvalue weighted by Crippen LogP contribution is 2.46. The number of hydrogen-bond donors (Lipinski definition) is 1. The van der Waals surface area contributed by atoms with Crippen LogP contribution in [0.1, 0.15) is 13.8 Å². The summed E-state index contributed by atoms with van der Waals surface area (Å²) in [6.45, 7) is 6.19. The Kier molecular flexibility index (Phi) is 2.90. The molecule has 0 aliphatic rings. The zero-order valence-corrected chi connectivity index (χ0v) is 14.5. The molecule has 1 aromatic heterocycles. The molecule has 0 spiro atoms. The minimum absolute atomic E-state index is 0.831. The SMILES string of the molecule is CCN(CC)c1c(N)cc2ccc3cccc4c5occc5c1c2c34. The molecule has 3 nitrogen and oxygen atoms in total. The van der Waals surface area contributed by atoms with Gasteiger partial charge in [0.1, 0.15) is 5.58 Å². The number of benzene rings is 4. The maximum Gasteiger partial charge on any atom is 0.142 e. The molecular formula is C22H20N2O. The van der Waals surface area contributed by atoms with Crippen molar-refractivity contribution in [1.82, 2.24) is 0 Å². The molecule has 0 amide bonds. The maximum atomic E-state index is 6.53. The summed E-state index contributed by atoms with van der Waals surface area (Å²) in [5.41, 5.74) is 9.44. The number of anilines is 2. The first kappa shape index (κ1) is 14.4. The van der Waals surface area contributed by atoms with Crippen molar-refractivity contribution in [3.05, 3.63) is 48.7 Å². The van der Waals surface area contributed by atoms with Gasteiger partial charge in [-0.1, -0.05) is 30.3 Å². The van der Waals surface area contributed by atoms with Crippen LogP contribution < -0.4 is 10.6 Å². The molecule has 0 unspecified atom stereocenters. The number of nitrogen functional groups attached to an aromatic ring is 1. The number of furan rings is 1. The molecule has 1 heterocycles. The van der Waals surface area contributed by atoms with Crippen LogP contribution in [0.4, 0.5) is 11.4 Å². The van der Waals surface area contributed by atoms with Gasteiger partial charge in [-0.25, -0.2) is 0 Å². The predicted octanol–water partition coefficient (Wildman–Crippen LogP) is 5.76. The summed E-state index contributed by atoms with van der Waals surface area (Å²) in [5.74, 6) is 0. The molecule has 0 saturated carbocycles. The van der Waals surface area contributed by atoms with E-state index in [0.717, 1.165) is 35.4 Å². The predicted molar refractivity (Wildman–Crippen MR) is 108 cm³/mol. The first-order chi connectivity index (χ1) is 12.2. The molecule has 0 saturated heterocycles. The summed E-state index contributed by atoms with van der Waals surface area (Å²) >= 11 is 0. The van der Waals surface area contributed by atoms with E-state index in [0.29, 0.717) is 0 Å². The van der Waals surface area contributed by atoms with Gasteiger partial charge in [0, 0.05) is 40.0 Å². The first-order valence-electron chi connectivity index (χ1n) is 8.85. The molecule has 124 valence electrons. The highest BCUT2D eigenvalue weighted by atomic mass is 16.3. The molecule has 0 fully saturated rings. The molecule has 0 bridgehead atoms. The monoisotopic (exact) mass is 328 g/mol. The Morgan fingerprint density at radius 2 is 1.64 bits per heavy atom. The largest absolute Gasteiger partial charge is 0.464 e. The number of nitrogens with two attached hydrogens (primary N) is 1. The molecule has 2 N–H and O–H groups in total. The van der Waals surface area contributed by atoms with Crippen molar-refractivity contribution < 1.29 is 4.42 Å². The number of hydrogen-bond acceptors (Lipinski definition) is 3. The Labute approximate surface area is 145 Å². The summed E-state index contributed by atoms with van der Waals surface area (Å²) < 4.78 is 5.92. The molecule has 5 rings (SSSR count). The van der Waals surface area contributed by atoms with Gasteiger partial charge in [-0.3, -0.25) is 0 Å². The van der Waals surface area contributed by atoms with Gasteiger partial charge in [-0.05, 0) is 36.8 Å². The van der Waals surface area contributed by atoms with E-state index >= 15 is 0 Å². The second kappa shape index (κ2) is 5.03. The van der Waals surface area contributed by atoms with Crippen molar-refractivity contribution >= 4 is 54.7 Å². The highest BCUT2D eigenvalue weighted by molar-refractivity contribution is 6.36. The third-order valence-corrected chi connectivity index (χ3v) is 5.41. The number of fused-ring (bicyclic) bond motifs is 3. The van der Waals surface area contributed by atoms with Crippen LogP contribution in [-0.2, 0) is 0 Å². The molecule has 4 aromatic carbocycles. The van der Waals surface area contributed by atoms with E-state index < -0.39 is 0 Å². The normalized spacial score (nSPS) is 12.1. The zero-order chi connectivity index (χ0) is 17.1. The Bertz CT molecular complexity index is 1230. The van der Waals surface area contributed by atoms with E-state index in [1.165, 1.54) is 32.3 Å². The van der Waals surface area contributed by atoms with Gasteiger partial charge >= 0.3 is 0 Å². The van der Waals surface area contributed by atoms with E-state index in [-0.39, 0.29) is 0 Å². The lowest BCUT2D eigenvalue weighted by Crippen LogP contribution is -2.23. The summed E-state index contributed by atoms with van der Waals surface area (Å²) in [6, 6.07) is 15.0. The standard InChI is InChI=1S/C22H20N2O/c1-3-24(4-2)21-17(23)12-14-9-8-13-6-5-7-15-18(13)19(14)20(21)16-10-11-25-22(15)16/h5-12H,3-4,23H2,1-2H3. The lowest BCUT2D eigenvalue weighted by atomic mass is 9.90. The van der Waals surface area contributed by atoms with Crippen LogP contribution >= 0.6 is 0 Å². The van der Waals surface area contributed by atoms with Gasteiger partial charge in [0.15, 0.2) is 0 Å². The van der Waals surface area contributed by atoms with Crippen LogP contribution in [0.2, 0.25) is 0 Å². The van der Waals surface area contributed by atoms with Crippen molar-refractivity contribution in [1.29, 1.82) is 0 Å². The molecule has 0 aliphatic heterocycles. The van der Waals surface area contributed by atoms with Gasteiger partial charge < -0.3 is 15.1 Å². The highest BCUT2D eigenvalue weighted by Gasteiger charge is 2.21. The zero-order valence-electron chi connectivity index (χ0n) is 14.5. The van der Waals surface area contributed by atoms with Gasteiger partial charge in [-0.15, -0.1) is 0 Å². The van der Waals surface area contributed by atoms with Crippen LogP contribution in [-0.4, -0.2) is 13.1 Å². The van der Waals surface area contributed by atoms with Crippen molar-refractivity contribution in [2.75, 3.05) is 23.7 Å². The van der Waals surface area contributed by atoms with Gasteiger partial charge in [0.2, 0.25) is 0 Å². The summed E-state index contributed by atoms with van der Waals surface area (Å²) in [5, 5.41) is 8.52. The molecule has 0 atom stereocenters. The minimum atomic E-state index is 0.831. The van der Waals surface area contributed by atoms with Gasteiger partial charge in [0.25, 0.3) is 0 Å². The van der Waals surface area contributed by atoms with Gasteiger partial charge in [-0.2, -0.15) is 0 Å². The lowest BCUT2D eigenvalue weighted by Gasteiger charge is -2.26. The van der Waals surface area contributed by atoms with Crippen molar-refractivity contribution in [3.63, 3.8) is 0 Å². The fourth-order valence-electron chi connectivity index (χ4n) is 4.33. The maximum absolute atomic E-state index is 6.53. The molecule has 0 aliphatic carbocycles. The molecule has 3 heteroatoms. The summed E-state index contributed by atoms with van der Waals surface area (Å²) in [4.78, 5) is 2.34. The first-order valence-corrected chi connectivity index (χ1v) is 8.85. The van der Waals surface area contributed by atoms with Crippen molar-refractivity contribution in [2.24, 2.45) is 0 Å². The van der Waals surface area contributed by atoms with E-state index in [1.807, 2.05) is 0 Å². The smallest absolute Gasteiger partial charge is 0.142 e. The molecule has 5 aromatic rings. The van der Waals surface area contributed by atoms with Crippen LogP contribution in [0.25, 0.3) is 43.3 Å². The average Bonchev–Trinajstić information content (AvgIpc) is 3.12. The van der Waals surface area contributed by atoms with Crippen molar-refractivity contribution in [2.45, 2.75) is 13.8 Å². The van der Waals surface area contributed by atoms with Gasteiger partial charge in [0.05, 0.1) is 17.6 Å². The van der Waals surface area contributed by atoms with Crippen LogP contribution in [0, 0.1) is 0 Å².